The van der Waals surface area contributed by atoms with Gasteiger partial charge in [0.05, 0.1) is 5.69 Å². The van der Waals surface area contributed by atoms with Crippen LogP contribution in [0.1, 0.15) is 39.2 Å². The minimum atomic E-state index is -3.57. The highest BCUT2D eigenvalue weighted by atomic mass is 32.2. The lowest BCUT2D eigenvalue weighted by Crippen LogP contribution is -2.44. The molecule has 1 aliphatic heterocycles. The standard InChI is InChI=1S/C22H29FN4O5S/c1-22(2,3)32-21(28)27-11-9-16(10-12-27)31-18-7-5-15(14-25-18)13-24-17-6-8-19(26-20(17)23)33(4,29)30/h5-8,14,16,24H,9-13H2,1-4H3. The molecule has 180 valence electrons. The molecule has 1 aliphatic rings. The maximum Gasteiger partial charge on any atom is 0.410 e. The monoisotopic (exact) mass is 480 g/mol. The number of rotatable bonds is 6. The van der Waals surface area contributed by atoms with Crippen molar-refractivity contribution < 1.29 is 27.1 Å². The molecule has 3 heterocycles. The largest absolute Gasteiger partial charge is 0.474 e. The van der Waals surface area contributed by atoms with Crippen LogP contribution in [0.25, 0.3) is 0 Å². The molecule has 2 aromatic heterocycles. The number of nitrogens with one attached hydrogen (secondary N) is 1. The van der Waals surface area contributed by atoms with Crippen molar-refractivity contribution in [3.05, 3.63) is 42.0 Å². The van der Waals surface area contributed by atoms with Crippen molar-refractivity contribution in [1.29, 1.82) is 0 Å². The van der Waals surface area contributed by atoms with Gasteiger partial charge in [-0.2, -0.15) is 4.39 Å². The first-order valence-electron chi connectivity index (χ1n) is 10.6. The van der Waals surface area contributed by atoms with Gasteiger partial charge in [-0.05, 0) is 38.5 Å². The number of sulfone groups is 1. The third kappa shape index (κ3) is 7.28. The molecule has 0 aromatic carbocycles. The highest BCUT2D eigenvalue weighted by molar-refractivity contribution is 7.90. The summed E-state index contributed by atoms with van der Waals surface area (Å²) in [5.74, 6) is -0.414. The number of carbonyl (C=O) groups is 1. The lowest BCUT2D eigenvalue weighted by Gasteiger charge is -2.33. The zero-order chi connectivity index (χ0) is 24.2. The first kappa shape index (κ1) is 24.7. The van der Waals surface area contributed by atoms with E-state index in [0.717, 1.165) is 11.8 Å². The normalized spacial score (nSPS) is 15.2. The Hall–Kier alpha value is -2.95. The summed E-state index contributed by atoms with van der Waals surface area (Å²) in [5, 5.41) is 2.56. The van der Waals surface area contributed by atoms with Crippen molar-refractivity contribution in [3.8, 4) is 5.88 Å². The number of ether oxygens (including phenoxy) is 2. The van der Waals surface area contributed by atoms with Crippen LogP contribution in [0.15, 0.2) is 35.5 Å². The fraction of sp³-hybridized carbons (Fsp3) is 0.500. The molecule has 1 fully saturated rings. The van der Waals surface area contributed by atoms with Crippen LogP contribution < -0.4 is 10.1 Å². The summed E-state index contributed by atoms with van der Waals surface area (Å²) in [4.78, 5) is 21.6. The first-order chi connectivity index (χ1) is 15.4. The van der Waals surface area contributed by atoms with Crippen LogP contribution in [0.4, 0.5) is 14.9 Å². The van der Waals surface area contributed by atoms with E-state index in [1.807, 2.05) is 20.8 Å². The molecule has 0 spiro atoms. The Morgan fingerprint density at radius 2 is 1.91 bits per heavy atom. The Bertz CT molecular complexity index is 1080. The Labute approximate surface area is 193 Å². The molecular weight excluding hydrogens is 451 g/mol. The highest BCUT2D eigenvalue weighted by Crippen LogP contribution is 2.20. The number of aromatic nitrogens is 2. The molecule has 2 aromatic rings. The Morgan fingerprint density at radius 3 is 2.45 bits per heavy atom. The molecule has 0 aliphatic carbocycles. The number of hydrogen-bond acceptors (Lipinski definition) is 8. The molecule has 3 rings (SSSR count). The zero-order valence-corrected chi connectivity index (χ0v) is 20.0. The predicted molar refractivity (Wildman–Crippen MR) is 120 cm³/mol. The quantitative estimate of drug-likeness (QED) is 0.627. The van der Waals surface area contributed by atoms with E-state index >= 15 is 0 Å². The van der Waals surface area contributed by atoms with E-state index in [9.17, 15) is 17.6 Å². The second-order valence-electron chi connectivity index (χ2n) is 8.90. The van der Waals surface area contributed by atoms with Crippen LogP contribution in [0.2, 0.25) is 0 Å². The van der Waals surface area contributed by atoms with Crippen molar-refractivity contribution in [2.45, 2.75) is 56.9 Å². The molecule has 0 unspecified atom stereocenters. The first-order valence-corrected chi connectivity index (χ1v) is 12.5. The highest BCUT2D eigenvalue weighted by Gasteiger charge is 2.27. The minimum Gasteiger partial charge on any atom is -0.474 e. The minimum absolute atomic E-state index is 0.0475. The molecule has 0 radical (unpaired) electrons. The number of amides is 1. The van der Waals surface area contributed by atoms with Gasteiger partial charge in [0, 0.05) is 51.0 Å². The number of nitrogens with zero attached hydrogens (tertiary/aromatic N) is 3. The van der Waals surface area contributed by atoms with Gasteiger partial charge in [-0.15, -0.1) is 0 Å². The summed E-state index contributed by atoms with van der Waals surface area (Å²) in [6.07, 6.45) is 3.60. The van der Waals surface area contributed by atoms with Gasteiger partial charge in [0.1, 0.15) is 11.7 Å². The van der Waals surface area contributed by atoms with E-state index in [-0.39, 0.29) is 29.5 Å². The average molecular weight is 481 g/mol. The van der Waals surface area contributed by atoms with Crippen molar-refractivity contribution >= 4 is 21.6 Å². The third-order valence-corrected chi connectivity index (χ3v) is 5.85. The molecule has 0 saturated carbocycles. The second kappa shape index (κ2) is 9.90. The summed E-state index contributed by atoms with van der Waals surface area (Å²) in [5.41, 5.74) is 0.362. The van der Waals surface area contributed by atoms with Crippen LogP contribution in [-0.4, -0.2) is 60.4 Å². The van der Waals surface area contributed by atoms with Gasteiger partial charge in [0.2, 0.25) is 11.8 Å². The number of anilines is 1. The molecular formula is C22H29FN4O5S. The van der Waals surface area contributed by atoms with E-state index in [4.69, 9.17) is 9.47 Å². The van der Waals surface area contributed by atoms with E-state index in [1.165, 1.54) is 12.1 Å². The smallest absolute Gasteiger partial charge is 0.410 e. The van der Waals surface area contributed by atoms with Gasteiger partial charge in [-0.3, -0.25) is 0 Å². The topological polar surface area (TPSA) is 111 Å². The van der Waals surface area contributed by atoms with Gasteiger partial charge in [0.25, 0.3) is 0 Å². The number of piperidine rings is 1. The third-order valence-electron chi connectivity index (χ3n) is 4.86. The molecule has 1 saturated heterocycles. The van der Waals surface area contributed by atoms with Crippen molar-refractivity contribution in [2.24, 2.45) is 0 Å². The maximum atomic E-state index is 14.1. The molecule has 9 nitrogen and oxygen atoms in total. The number of hydrogen-bond donors (Lipinski definition) is 1. The number of pyridine rings is 2. The van der Waals surface area contributed by atoms with Gasteiger partial charge < -0.3 is 19.7 Å². The SMILES string of the molecule is CC(C)(C)OC(=O)N1CCC(Oc2ccc(CNc3ccc(S(C)(=O)=O)nc3F)cn2)CC1. The molecule has 11 heteroatoms. The molecule has 1 N–H and O–H groups in total. The van der Waals surface area contributed by atoms with E-state index in [0.29, 0.717) is 31.8 Å². The number of likely N-dealkylation sites (tertiary alicyclic amines) is 1. The van der Waals surface area contributed by atoms with E-state index in [2.05, 4.69) is 15.3 Å². The molecule has 0 bridgehead atoms. The van der Waals surface area contributed by atoms with Crippen LogP contribution in [-0.2, 0) is 21.1 Å². The van der Waals surface area contributed by atoms with Crippen molar-refractivity contribution in [1.82, 2.24) is 14.9 Å². The van der Waals surface area contributed by atoms with Crippen LogP contribution in [0, 0.1) is 5.95 Å². The zero-order valence-electron chi connectivity index (χ0n) is 19.2. The van der Waals surface area contributed by atoms with Crippen LogP contribution in [0.5, 0.6) is 5.88 Å². The van der Waals surface area contributed by atoms with Gasteiger partial charge in [-0.1, -0.05) is 6.07 Å². The van der Waals surface area contributed by atoms with Gasteiger partial charge in [-0.25, -0.2) is 23.2 Å². The molecule has 33 heavy (non-hydrogen) atoms. The number of carbonyl (C=O) groups excluding carboxylic acids is 1. The lowest BCUT2D eigenvalue weighted by atomic mass is 10.1. The lowest BCUT2D eigenvalue weighted by molar-refractivity contribution is 0.0123. The van der Waals surface area contributed by atoms with E-state index in [1.54, 1.807) is 23.2 Å². The Morgan fingerprint density at radius 1 is 1.21 bits per heavy atom. The summed E-state index contributed by atoms with van der Waals surface area (Å²) < 4.78 is 48.3. The van der Waals surface area contributed by atoms with Gasteiger partial charge >= 0.3 is 6.09 Å². The fourth-order valence-corrected chi connectivity index (χ4v) is 3.75. The molecule has 1 amide bonds. The summed E-state index contributed by atoms with van der Waals surface area (Å²) >= 11 is 0. The summed E-state index contributed by atoms with van der Waals surface area (Å²) in [6, 6.07) is 6.14. The number of halogens is 1. The average Bonchev–Trinajstić information content (AvgIpc) is 2.72. The van der Waals surface area contributed by atoms with Crippen molar-refractivity contribution in [3.63, 3.8) is 0 Å². The predicted octanol–water partition coefficient (Wildman–Crippen LogP) is 3.41. The fourth-order valence-electron chi connectivity index (χ4n) is 3.19. The van der Waals surface area contributed by atoms with Crippen LogP contribution in [0.3, 0.4) is 0 Å². The Balaban J connectivity index is 1.48. The van der Waals surface area contributed by atoms with E-state index < -0.39 is 21.4 Å². The summed E-state index contributed by atoms with van der Waals surface area (Å²) in [6.45, 7) is 6.91. The Kier molecular flexibility index (Phi) is 7.41. The maximum absolute atomic E-state index is 14.1. The van der Waals surface area contributed by atoms with Crippen molar-refractivity contribution in [2.75, 3.05) is 24.7 Å². The molecule has 0 atom stereocenters. The summed E-state index contributed by atoms with van der Waals surface area (Å²) in [7, 11) is -3.57. The second-order valence-corrected chi connectivity index (χ2v) is 10.9. The van der Waals surface area contributed by atoms with Crippen LogP contribution >= 0.6 is 0 Å². The van der Waals surface area contributed by atoms with Gasteiger partial charge in [0.15, 0.2) is 14.9 Å².